The molecule has 2 rings (SSSR count). The smallest absolute Gasteiger partial charge is 0.146 e. The van der Waals surface area contributed by atoms with Gasteiger partial charge >= 0.3 is 0 Å². The average molecular weight is 293 g/mol. The molecule has 0 amide bonds. The predicted molar refractivity (Wildman–Crippen MR) is 87.2 cm³/mol. The Balaban J connectivity index is 1.97. The van der Waals surface area contributed by atoms with E-state index in [0.29, 0.717) is 0 Å². The second kappa shape index (κ2) is 7.23. The van der Waals surface area contributed by atoms with Gasteiger partial charge in [-0.1, -0.05) is 6.07 Å². The average Bonchev–Trinajstić information content (AvgIpc) is 2.39. The molecule has 21 heavy (non-hydrogen) atoms. The molecule has 1 aliphatic heterocycles. The number of halogens is 1. The number of anilines is 1. The number of hydrogen-bond donors (Lipinski definition) is 1. The van der Waals surface area contributed by atoms with Crippen LogP contribution in [0.5, 0.6) is 0 Å². The van der Waals surface area contributed by atoms with Crippen molar-refractivity contribution < 1.29 is 4.39 Å². The minimum Gasteiger partial charge on any atom is -0.369 e. The molecule has 1 aromatic carbocycles. The molecule has 1 fully saturated rings. The summed E-state index contributed by atoms with van der Waals surface area (Å²) in [6, 6.07) is 5.63. The van der Waals surface area contributed by atoms with E-state index in [9.17, 15) is 4.39 Å². The van der Waals surface area contributed by atoms with Gasteiger partial charge in [0.25, 0.3) is 0 Å². The zero-order chi connectivity index (χ0) is 15.4. The Morgan fingerprint density at radius 2 is 2.00 bits per heavy atom. The van der Waals surface area contributed by atoms with Gasteiger partial charge in [-0.3, -0.25) is 0 Å². The Morgan fingerprint density at radius 3 is 2.52 bits per heavy atom. The molecule has 2 N–H and O–H groups in total. The first kappa shape index (κ1) is 16.2. The Kier molecular flexibility index (Phi) is 5.59. The minimum absolute atomic E-state index is 0.0667. The molecular formula is C17H28FN3. The molecule has 1 saturated heterocycles. The van der Waals surface area contributed by atoms with E-state index in [4.69, 9.17) is 5.73 Å². The van der Waals surface area contributed by atoms with E-state index >= 15 is 0 Å². The molecule has 0 aliphatic carbocycles. The van der Waals surface area contributed by atoms with Crippen molar-refractivity contribution in [2.45, 2.75) is 32.2 Å². The molecule has 0 radical (unpaired) electrons. The van der Waals surface area contributed by atoms with Crippen LogP contribution >= 0.6 is 0 Å². The van der Waals surface area contributed by atoms with Gasteiger partial charge in [0.05, 0.1) is 5.69 Å². The van der Waals surface area contributed by atoms with Crippen LogP contribution in [0.3, 0.4) is 0 Å². The number of nitrogens with two attached hydrogens (primary N) is 1. The van der Waals surface area contributed by atoms with E-state index in [1.54, 1.807) is 6.07 Å². The zero-order valence-corrected chi connectivity index (χ0v) is 13.5. The summed E-state index contributed by atoms with van der Waals surface area (Å²) in [5.74, 6) is 0.621. The van der Waals surface area contributed by atoms with Crippen LogP contribution in [0.2, 0.25) is 0 Å². The first-order valence-corrected chi connectivity index (χ1v) is 7.89. The third-order valence-electron chi connectivity index (χ3n) is 4.15. The van der Waals surface area contributed by atoms with Crippen molar-refractivity contribution in [2.24, 2.45) is 11.7 Å². The first-order chi connectivity index (χ1) is 9.95. The standard InChI is InChI=1S/C17H28FN3/c1-13(19)10-15-4-5-17(16(18)11-15)21-8-6-14(7-9-21)12-20(2)3/h4-5,11,13-14H,6-10,12,19H2,1-3H3. The lowest BCUT2D eigenvalue weighted by atomic mass is 9.95. The van der Waals surface area contributed by atoms with Crippen molar-refractivity contribution in [2.75, 3.05) is 38.6 Å². The Morgan fingerprint density at radius 1 is 1.33 bits per heavy atom. The van der Waals surface area contributed by atoms with Crippen LogP contribution in [0.4, 0.5) is 10.1 Å². The summed E-state index contributed by atoms with van der Waals surface area (Å²) in [5, 5.41) is 0. The van der Waals surface area contributed by atoms with Crippen molar-refractivity contribution in [3.63, 3.8) is 0 Å². The molecular weight excluding hydrogens is 265 g/mol. The molecule has 0 spiro atoms. The van der Waals surface area contributed by atoms with Crippen LogP contribution in [0, 0.1) is 11.7 Å². The van der Waals surface area contributed by atoms with E-state index in [2.05, 4.69) is 23.9 Å². The Labute approximate surface area is 127 Å². The number of hydrogen-bond acceptors (Lipinski definition) is 3. The summed E-state index contributed by atoms with van der Waals surface area (Å²) in [7, 11) is 4.23. The highest BCUT2D eigenvalue weighted by Gasteiger charge is 2.21. The molecule has 0 saturated carbocycles. The molecule has 1 heterocycles. The summed E-state index contributed by atoms with van der Waals surface area (Å²) in [5.41, 5.74) is 7.50. The van der Waals surface area contributed by atoms with E-state index in [1.165, 1.54) is 0 Å². The van der Waals surface area contributed by atoms with Gasteiger partial charge in [0.1, 0.15) is 5.82 Å². The Bertz CT molecular complexity index is 451. The maximum atomic E-state index is 14.3. The van der Waals surface area contributed by atoms with E-state index < -0.39 is 0 Å². The highest BCUT2D eigenvalue weighted by atomic mass is 19.1. The van der Waals surface area contributed by atoms with Crippen molar-refractivity contribution in [1.82, 2.24) is 4.90 Å². The molecule has 1 atom stereocenters. The summed E-state index contributed by atoms with van der Waals surface area (Å²) in [4.78, 5) is 4.42. The summed E-state index contributed by atoms with van der Waals surface area (Å²) in [6.45, 7) is 4.97. The lowest BCUT2D eigenvalue weighted by Gasteiger charge is -2.35. The minimum atomic E-state index is -0.112. The van der Waals surface area contributed by atoms with Gasteiger partial charge in [0.2, 0.25) is 0 Å². The van der Waals surface area contributed by atoms with Crippen LogP contribution in [0.25, 0.3) is 0 Å². The van der Waals surface area contributed by atoms with Crippen LogP contribution in [0.1, 0.15) is 25.3 Å². The van der Waals surface area contributed by atoms with Gasteiger partial charge in [-0.05, 0) is 63.9 Å². The normalized spacial score (nSPS) is 18.3. The number of nitrogens with zero attached hydrogens (tertiary/aromatic N) is 2. The number of piperidine rings is 1. The largest absolute Gasteiger partial charge is 0.369 e. The van der Waals surface area contributed by atoms with Crippen molar-refractivity contribution in [3.05, 3.63) is 29.6 Å². The van der Waals surface area contributed by atoms with Gasteiger partial charge < -0.3 is 15.5 Å². The quantitative estimate of drug-likeness (QED) is 0.905. The molecule has 118 valence electrons. The van der Waals surface area contributed by atoms with E-state index in [0.717, 1.165) is 56.1 Å². The lowest BCUT2D eigenvalue weighted by Crippen LogP contribution is -2.37. The molecule has 0 bridgehead atoms. The molecule has 3 nitrogen and oxygen atoms in total. The topological polar surface area (TPSA) is 32.5 Å². The van der Waals surface area contributed by atoms with Crippen LogP contribution < -0.4 is 10.6 Å². The molecule has 1 aliphatic rings. The summed E-state index contributed by atoms with van der Waals surface area (Å²) >= 11 is 0. The monoisotopic (exact) mass is 293 g/mol. The second-order valence-electron chi connectivity index (χ2n) is 6.66. The molecule has 1 unspecified atom stereocenters. The Hall–Kier alpha value is -1.13. The van der Waals surface area contributed by atoms with Gasteiger partial charge in [-0.25, -0.2) is 4.39 Å². The predicted octanol–water partition coefficient (Wildman–Crippen LogP) is 2.49. The van der Waals surface area contributed by atoms with Crippen molar-refractivity contribution in [3.8, 4) is 0 Å². The second-order valence-corrected chi connectivity index (χ2v) is 6.66. The van der Waals surface area contributed by atoms with E-state index in [1.807, 2.05) is 19.1 Å². The number of benzene rings is 1. The van der Waals surface area contributed by atoms with Crippen molar-refractivity contribution in [1.29, 1.82) is 0 Å². The highest BCUT2D eigenvalue weighted by Crippen LogP contribution is 2.26. The number of rotatable bonds is 5. The summed E-state index contributed by atoms with van der Waals surface area (Å²) < 4.78 is 14.3. The van der Waals surface area contributed by atoms with Gasteiger partial charge in [-0.15, -0.1) is 0 Å². The van der Waals surface area contributed by atoms with Crippen LogP contribution in [0.15, 0.2) is 18.2 Å². The van der Waals surface area contributed by atoms with E-state index in [-0.39, 0.29) is 11.9 Å². The van der Waals surface area contributed by atoms with Gasteiger partial charge in [0, 0.05) is 25.7 Å². The van der Waals surface area contributed by atoms with Crippen LogP contribution in [-0.4, -0.2) is 44.7 Å². The SMILES string of the molecule is CC(N)Cc1ccc(N2CCC(CN(C)C)CC2)c(F)c1. The van der Waals surface area contributed by atoms with Crippen LogP contribution in [-0.2, 0) is 6.42 Å². The molecule has 4 heteroatoms. The lowest BCUT2D eigenvalue weighted by molar-refractivity contribution is 0.284. The van der Waals surface area contributed by atoms with Gasteiger partial charge in [0.15, 0.2) is 0 Å². The highest BCUT2D eigenvalue weighted by molar-refractivity contribution is 5.49. The fourth-order valence-corrected chi connectivity index (χ4v) is 3.18. The molecule has 1 aromatic rings. The zero-order valence-electron chi connectivity index (χ0n) is 13.5. The maximum absolute atomic E-state index is 14.3. The fraction of sp³-hybridized carbons (Fsp3) is 0.647. The first-order valence-electron chi connectivity index (χ1n) is 7.89. The third kappa shape index (κ3) is 4.68. The third-order valence-corrected chi connectivity index (χ3v) is 4.15. The van der Waals surface area contributed by atoms with Crippen molar-refractivity contribution >= 4 is 5.69 Å². The maximum Gasteiger partial charge on any atom is 0.146 e. The molecule has 0 aromatic heterocycles. The fourth-order valence-electron chi connectivity index (χ4n) is 3.18. The summed E-state index contributed by atoms with van der Waals surface area (Å²) in [6.07, 6.45) is 3.00. The van der Waals surface area contributed by atoms with Gasteiger partial charge in [-0.2, -0.15) is 0 Å².